The van der Waals surface area contributed by atoms with Crippen molar-refractivity contribution in [1.82, 2.24) is 20.0 Å². The summed E-state index contributed by atoms with van der Waals surface area (Å²) in [7, 11) is 0. The molecular formula is C21H28FN5O. The van der Waals surface area contributed by atoms with Gasteiger partial charge in [-0.05, 0) is 30.3 Å². The summed E-state index contributed by atoms with van der Waals surface area (Å²) in [5, 5.41) is 7.20. The Hall–Kier alpha value is -2.41. The number of amides is 1. The molecular weight excluding hydrogens is 357 g/mol. The van der Waals surface area contributed by atoms with Crippen LogP contribution in [0.15, 0.2) is 30.3 Å². The van der Waals surface area contributed by atoms with Crippen molar-refractivity contribution < 1.29 is 9.18 Å². The molecule has 0 saturated carbocycles. The van der Waals surface area contributed by atoms with Crippen LogP contribution in [0.2, 0.25) is 0 Å². The molecule has 0 bridgehead atoms. The largest absolute Gasteiger partial charge is 0.369 e. The second-order valence-electron chi connectivity index (χ2n) is 8.78. The second-order valence-corrected chi connectivity index (χ2v) is 8.78. The van der Waals surface area contributed by atoms with Crippen LogP contribution < -0.4 is 4.90 Å². The molecule has 1 aromatic carbocycles. The molecule has 2 aromatic rings. The fourth-order valence-corrected chi connectivity index (χ4v) is 3.83. The quantitative estimate of drug-likeness (QED) is 0.882. The third-order valence-corrected chi connectivity index (χ3v) is 5.78. The maximum Gasteiger partial charge on any atom is 0.274 e. The summed E-state index contributed by atoms with van der Waals surface area (Å²) in [4.78, 5) is 19.3. The molecule has 1 amide bonds. The number of hydrogen-bond acceptors (Lipinski definition) is 4. The fraction of sp³-hybridized carbons (Fsp3) is 0.524. The highest BCUT2D eigenvalue weighted by molar-refractivity contribution is 5.93. The molecule has 2 aliphatic heterocycles. The number of piperazine rings is 1. The molecule has 1 aromatic heterocycles. The summed E-state index contributed by atoms with van der Waals surface area (Å²) in [6, 6.07) is 8.99. The van der Waals surface area contributed by atoms with Crippen LogP contribution in [0.5, 0.6) is 0 Å². The molecule has 7 heteroatoms. The fourth-order valence-electron chi connectivity index (χ4n) is 3.83. The van der Waals surface area contributed by atoms with E-state index in [9.17, 15) is 9.18 Å². The normalized spacial score (nSPS) is 19.0. The van der Waals surface area contributed by atoms with Crippen LogP contribution >= 0.6 is 0 Å². The summed E-state index contributed by atoms with van der Waals surface area (Å²) in [5.41, 5.74) is 2.50. The Morgan fingerprint density at radius 1 is 1.11 bits per heavy atom. The lowest BCUT2D eigenvalue weighted by Crippen LogP contribution is -2.64. The van der Waals surface area contributed by atoms with Crippen LogP contribution in [0.3, 0.4) is 0 Å². The lowest BCUT2D eigenvalue weighted by atomic mass is 9.92. The smallest absolute Gasteiger partial charge is 0.274 e. The highest BCUT2D eigenvalue weighted by atomic mass is 19.1. The topological polar surface area (TPSA) is 55.5 Å². The van der Waals surface area contributed by atoms with Crippen molar-refractivity contribution in [3.63, 3.8) is 0 Å². The number of H-pyrrole nitrogens is 1. The number of carbonyl (C=O) groups excluding carboxylic acids is 1. The van der Waals surface area contributed by atoms with Crippen LogP contribution in [0.1, 0.15) is 37.0 Å². The SMILES string of the molecule is CC(C)(C)c1cc(C(=O)N2CC(N3CCN(c4ccc(F)cc4)CC3)C2)n[nH]1. The number of benzene rings is 1. The minimum Gasteiger partial charge on any atom is -0.369 e. The summed E-state index contributed by atoms with van der Waals surface area (Å²) >= 11 is 0. The number of nitrogens with zero attached hydrogens (tertiary/aromatic N) is 4. The predicted octanol–water partition coefficient (Wildman–Crippen LogP) is 2.49. The van der Waals surface area contributed by atoms with Crippen LogP contribution in [-0.2, 0) is 5.41 Å². The first-order chi connectivity index (χ1) is 13.3. The summed E-state index contributed by atoms with van der Waals surface area (Å²) < 4.78 is 13.1. The van der Waals surface area contributed by atoms with E-state index in [1.165, 1.54) is 12.1 Å². The van der Waals surface area contributed by atoms with E-state index < -0.39 is 0 Å². The Balaban J connectivity index is 1.27. The monoisotopic (exact) mass is 385 g/mol. The number of nitrogens with one attached hydrogen (secondary N) is 1. The molecule has 3 heterocycles. The third kappa shape index (κ3) is 3.76. The Labute approximate surface area is 165 Å². The second kappa shape index (κ2) is 7.20. The zero-order valence-electron chi connectivity index (χ0n) is 16.8. The molecule has 0 spiro atoms. The lowest BCUT2D eigenvalue weighted by Gasteiger charge is -2.48. The van der Waals surface area contributed by atoms with Gasteiger partial charge in [-0.25, -0.2) is 4.39 Å². The first-order valence-electron chi connectivity index (χ1n) is 9.91. The zero-order valence-corrected chi connectivity index (χ0v) is 16.8. The molecule has 150 valence electrons. The van der Waals surface area contributed by atoms with Gasteiger partial charge in [0.1, 0.15) is 11.5 Å². The summed E-state index contributed by atoms with van der Waals surface area (Å²) in [5.74, 6) is -0.193. The molecule has 0 radical (unpaired) electrons. The first-order valence-corrected chi connectivity index (χ1v) is 9.91. The van der Waals surface area contributed by atoms with Crippen LogP contribution in [0.25, 0.3) is 0 Å². The Kier molecular flexibility index (Phi) is 4.87. The number of anilines is 1. The van der Waals surface area contributed by atoms with Crippen molar-refractivity contribution in [3.05, 3.63) is 47.5 Å². The van der Waals surface area contributed by atoms with Gasteiger partial charge in [0.05, 0.1) is 0 Å². The average Bonchev–Trinajstić information content (AvgIpc) is 3.12. The van der Waals surface area contributed by atoms with Crippen molar-refractivity contribution in [1.29, 1.82) is 0 Å². The van der Waals surface area contributed by atoms with Gasteiger partial charge >= 0.3 is 0 Å². The highest BCUT2D eigenvalue weighted by Gasteiger charge is 2.37. The van der Waals surface area contributed by atoms with E-state index in [2.05, 4.69) is 40.8 Å². The van der Waals surface area contributed by atoms with Gasteiger partial charge in [0.25, 0.3) is 5.91 Å². The maximum atomic E-state index is 13.1. The van der Waals surface area contributed by atoms with Crippen molar-refractivity contribution >= 4 is 11.6 Å². The number of aromatic amines is 1. The molecule has 2 fully saturated rings. The Morgan fingerprint density at radius 2 is 1.75 bits per heavy atom. The van der Waals surface area contributed by atoms with E-state index in [0.29, 0.717) is 11.7 Å². The van der Waals surface area contributed by atoms with Gasteiger partial charge < -0.3 is 9.80 Å². The molecule has 1 N–H and O–H groups in total. The number of likely N-dealkylation sites (tertiary alicyclic amines) is 1. The van der Waals surface area contributed by atoms with Crippen LogP contribution in [-0.4, -0.2) is 71.2 Å². The van der Waals surface area contributed by atoms with Gasteiger partial charge in [-0.2, -0.15) is 5.10 Å². The van der Waals surface area contributed by atoms with Gasteiger partial charge in [-0.1, -0.05) is 20.8 Å². The van der Waals surface area contributed by atoms with E-state index in [1.807, 2.05) is 23.1 Å². The molecule has 2 saturated heterocycles. The maximum absolute atomic E-state index is 13.1. The average molecular weight is 385 g/mol. The number of halogens is 1. The molecule has 0 atom stereocenters. The van der Waals surface area contributed by atoms with Crippen molar-refractivity contribution in [3.8, 4) is 0 Å². The number of aromatic nitrogens is 2. The van der Waals surface area contributed by atoms with Crippen molar-refractivity contribution in [2.45, 2.75) is 32.2 Å². The van der Waals surface area contributed by atoms with Gasteiger partial charge in [-0.15, -0.1) is 0 Å². The van der Waals surface area contributed by atoms with Crippen molar-refractivity contribution in [2.75, 3.05) is 44.2 Å². The standard InChI is InChI=1S/C21H28FN5O/c1-21(2,3)19-12-18(23-24-19)20(28)27-13-17(14-27)26-10-8-25(9-11-26)16-6-4-15(22)5-7-16/h4-7,12,17H,8-11,13-14H2,1-3H3,(H,23,24). The minimum absolute atomic E-state index is 0.00736. The van der Waals surface area contributed by atoms with Crippen molar-refractivity contribution in [2.24, 2.45) is 0 Å². The molecule has 2 aliphatic rings. The van der Waals surface area contributed by atoms with Gasteiger partial charge in [-0.3, -0.25) is 14.8 Å². The van der Waals surface area contributed by atoms with Gasteiger partial charge in [0.15, 0.2) is 0 Å². The molecule has 6 nitrogen and oxygen atoms in total. The van der Waals surface area contributed by atoms with E-state index in [1.54, 1.807) is 0 Å². The van der Waals surface area contributed by atoms with Crippen LogP contribution in [0, 0.1) is 5.82 Å². The van der Waals surface area contributed by atoms with Gasteiger partial charge in [0, 0.05) is 62.1 Å². The van der Waals surface area contributed by atoms with Crippen LogP contribution in [0.4, 0.5) is 10.1 Å². The minimum atomic E-state index is -0.201. The van der Waals surface area contributed by atoms with E-state index in [-0.39, 0.29) is 17.1 Å². The Morgan fingerprint density at radius 3 is 2.32 bits per heavy atom. The Bertz CT molecular complexity index is 827. The first kappa shape index (κ1) is 18.9. The zero-order chi connectivity index (χ0) is 19.9. The lowest BCUT2D eigenvalue weighted by molar-refractivity contribution is 0.0242. The molecule has 0 unspecified atom stereocenters. The predicted molar refractivity (Wildman–Crippen MR) is 107 cm³/mol. The van der Waals surface area contributed by atoms with E-state index >= 15 is 0 Å². The summed E-state index contributed by atoms with van der Waals surface area (Å²) in [6.07, 6.45) is 0. The molecule has 4 rings (SSSR count). The van der Waals surface area contributed by atoms with E-state index in [0.717, 1.165) is 50.6 Å². The number of carbonyl (C=O) groups is 1. The highest BCUT2D eigenvalue weighted by Crippen LogP contribution is 2.24. The van der Waals surface area contributed by atoms with E-state index in [4.69, 9.17) is 0 Å². The number of rotatable bonds is 3. The third-order valence-electron chi connectivity index (χ3n) is 5.78. The molecule has 28 heavy (non-hydrogen) atoms. The number of hydrogen-bond donors (Lipinski definition) is 1. The van der Waals surface area contributed by atoms with Gasteiger partial charge in [0.2, 0.25) is 0 Å². The molecule has 0 aliphatic carbocycles. The summed E-state index contributed by atoms with van der Waals surface area (Å²) in [6.45, 7) is 11.6.